The molecule has 28 heavy (non-hydrogen) atoms. The highest BCUT2D eigenvalue weighted by Gasteiger charge is 2.58. The number of amides is 2. The molecule has 2 atom stereocenters. The quantitative estimate of drug-likeness (QED) is 0.862. The van der Waals surface area contributed by atoms with Gasteiger partial charge in [0.25, 0.3) is 5.91 Å². The minimum absolute atomic E-state index is 0.0243. The topological polar surface area (TPSA) is 76.1 Å². The number of nitrogens with zero attached hydrogens (tertiary/aromatic N) is 1. The molecule has 1 N–H and O–H groups in total. The Labute approximate surface area is 163 Å². The summed E-state index contributed by atoms with van der Waals surface area (Å²) in [5.74, 6) is 0.237. The van der Waals surface area contributed by atoms with E-state index in [1.165, 1.54) is 0 Å². The zero-order valence-corrected chi connectivity index (χ0v) is 16.0. The second-order valence-electron chi connectivity index (χ2n) is 7.56. The molecule has 1 spiro atoms. The number of aliphatic hydroxyl groups excluding tert-OH is 1. The molecule has 1 fully saturated rings. The molecule has 2 amide bonds. The lowest BCUT2D eigenvalue weighted by Crippen LogP contribution is -2.42. The molecule has 2 aromatic carbocycles. The van der Waals surface area contributed by atoms with Gasteiger partial charge in [-0.2, -0.15) is 0 Å². The van der Waals surface area contributed by atoms with Gasteiger partial charge in [0.2, 0.25) is 5.60 Å². The summed E-state index contributed by atoms with van der Waals surface area (Å²) in [5, 5.41) is 10.3. The lowest BCUT2D eigenvalue weighted by molar-refractivity contribution is -0.138. The number of hydrogen-bond donors (Lipinski definition) is 1. The van der Waals surface area contributed by atoms with Crippen molar-refractivity contribution in [2.45, 2.75) is 38.4 Å². The van der Waals surface area contributed by atoms with Crippen molar-refractivity contribution >= 4 is 12.0 Å². The Morgan fingerprint density at radius 2 is 1.89 bits per heavy atom. The number of β-amino-alcohol motifs (C(OH)–C–C–N with tert-alkyl or cyclic N) is 1. The number of imide groups is 1. The van der Waals surface area contributed by atoms with Gasteiger partial charge < -0.3 is 14.6 Å². The number of hydrogen-bond acceptors (Lipinski definition) is 5. The van der Waals surface area contributed by atoms with Crippen LogP contribution in [-0.4, -0.2) is 41.3 Å². The van der Waals surface area contributed by atoms with E-state index in [0.717, 1.165) is 27.2 Å². The SMILES string of the molecule is Cc1cc(C)cc(OCC(O)CN2C(=O)OC3(CCc4ccccc43)C2=O)c1. The standard InChI is InChI=1S/C22H23NO5/c1-14-9-15(2)11-18(10-14)27-13-17(24)12-23-20(25)22(28-21(23)26)8-7-16-5-3-4-6-19(16)22/h3-6,9-11,17,24H,7-8,12-13H2,1-2H3. The first-order chi connectivity index (χ1) is 13.4. The molecule has 2 aliphatic rings. The van der Waals surface area contributed by atoms with E-state index in [9.17, 15) is 14.7 Å². The van der Waals surface area contributed by atoms with Crippen molar-refractivity contribution < 1.29 is 24.2 Å². The molecule has 0 radical (unpaired) electrons. The van der Waals surface area contributed by atoms with Crippen LogP contribution in [0.15, 0.2) is 42.5 Å². The first kappa shape index (κ1) is 18.5. The van der Waals surface area contributed by atoms with Gasteiger partial charge in [-0.25, -0.2) is 9.69 Å². The summed E-state index contributed by atoms with van der Waals surface area (Å²) in [6.07, 6.45) is -0.611. The zero-order chi connectivity index (χ0) is 19.9. The van der Waals surface area contributed by atoms with Crippen LogP contribution in [0.25, 0.3) is 0 Å². The van der Waals surface area contributed by atoms with Crippen LogP contribution in [0.3, 0.4) is 0 Å². The number of rotatable bonds is 5. The van der Waals surface area contributed by atoms with Gasteiger partial charge in [-0.1, -0.05) is 30.3 Å². The van der Waals surface area contributed by atoms with Crippen LogP contribution in [0.5, 0.6) is 5.75 Å². The highest BCUT2D eigenvalue weighted by Crippen LogP contribution is 2.45. The third kappa shape index (κ3) is 3.14. The molecule has 1 aliphatic heterocycles. The van der Waals surface area contributed by atoms with Crippen molar-refractivity contribution in [2.75, 3.05) is 13.2 Å². The van der Waals surface area contributed by atoms with Crippen molar-refractivity contribution in [1.82, 2.24) is 4.90 Å². The second-order valence-corrected chi connectivity index (χ2v) is 7.56. The van der Waals surface area contributed by atoms with Gasteiger partial charge in [-0.05, 0) is 49.1 Å². The molecular formula is C22H23NO5. The summed E-state index contributed by atoms with van der Waals surface area (Å²) < 4.78 is 11.2. The average Bonchev–Trinajstić information content (AvgIpc) is 3.13. The Balaban J connectivity index is 1.44. The molecule has 6 heteroatoms. The maximum atomic E-state index is 13.0. The molecule has 1 heterocycles. The normalized spacial score (nSPS) is 21.8. The summed E-state index contributed by atoms with van der Waals surface area (Å²) in [6, 6.07) is 13.3. The minimum atomic E-state index is -1.25. The highest BCUT2D eigenvalue weighted by molar-refractivity contribution is 6.04. The summed E-state index contributed by atoms with van der Waals surface area (Å²) in [4.78, 5) is 26.4. The monoisotopic (exact) mass is 381 g/mol. The number of carbonyl (C=O) groups excluding carboxylic acids is 2. The van der Waals surface area contributed by atoms with E-state index in [4.69, 9.17) is 9.47 Å². The molecule has 1 saturated heterocycles. The third-order valence-electron chi connectivity index (χ3n) is 5.30. The smallest absolute Gasteiger partial charge is 0.418 e. The van der Waals surface area contributed by atoms with Gasteiger partial charge in [-0.3, -0.25) is 4.79 Å². The van der Waals surface area contributed by atoms with Gasteiger partial charge in [0, 0.05) is 12.0 Å². The average molecular weight is 381 g/mol. The molecule has 2 unspecified atom stereocenters. The van der Waals surface area contributed by atoms with Gasteiger partial charge in [-0.15, -0.1) is 0 Å². The summed E-state index contributed by atoms with van der Waals surface area (Å²) >= 11 is 0. The first-order valence-electron chi connectivity index (χ1n) is 9.41. The molecule has 146 valence electrons. The van der Waals surface area contributed by atoms with Crippen LogP contribution in [0.4, 0.5) is 4.79 Å². The Morgan fingerprint density at radius 3 is 2.64 bits per heavy atom. The summed E-state index contributed by atoms with van der Waals surface area (Å²) in [5.41, 5.74) is 2.64. The van der Waals surface area contributed by atoms with Gasteiger partial charge >= 0.3 is 6.09 Å². The molecule has 1 aliphatic carbocycles. The van der Waals surface area contributed by atoms with Crippen molar-refractivity contribution in [2.24, 2.45) is 0 Å². The number of aryl methyl sites for hydroxylation is 3. The van der Waals surface area contributed by atoms with Crippen LogP contribution >= 0.6 is 0 Å². The van der Waals surface area contributed by atoms with E-state index in [0.29, 0.717) is 18.6 Å². The lowest BCUT2D eigenvalue weighted by Gasteiger charge is -2.21. The molecule has 0 bridgehead atoms. The maximum Gasteiger partial charge on any atom is 0.418 e. The minimum Gasteiger partial charge on any atom is -0.491 e. The van der Waals surface area contributed by atoms with Crippen molar-refractivity contribution in [3.63, 3.8) is 0 Å². The first-order valence-corrected chi connectivity index (χ1v) is 9.41. The van der Waals surface area contributed by atoms with Crippen molar-refractivity contribution in [1.29, 1.82) is 0 Å². The lowest BCUT2D eigenvalue weighted by atomic mass is 9.95. The molecule has 6 nitrogen and oxygen atoms in total. The fraction of sp³-hybridized carbons (Fsp3) is 0.364. The van der Waals surface area contributed by atoms with E-state index in [1.807, 2.05) is 56.3 Å². The summed E-state index contributed by atoms with van der Waals surface area (Å²) in [6.45, 7) is 3.75. The number of fused-ring (bicyclic) bond motifs is 2. The third-order valence-corrected chi connectivity index (χ3v) is 5.30. The Morgan fingerprint density at radius 1 is 1.18 bits per heavy atom. The van der Waals surface area contributed by atoms with Crippen LogP contribution in [0.2, 0.25) is 0 Å². The molecule has 0 aromatic heterocycles. The summed E-state index contributed by atoms with van der Waals surface area (Å²) in [7, 11) is 0. The van der Waals surface area contributed by atoms with Crippen LogP contribution < -0.4 is 4.74 Å². The van der Waals surface area contributed by atoms with Gasteiger partial charge in [0.1, 0.15) is 18.5 Å². The van der Waals surface area contributed by atoms with Gasteiger partial charge in [0.05, 0.1) is 6.54 Å². The predicted octanol–water partition coefficient (Wildman–Crippen LogP) is 2.86. The van der Waals surface area contributed by atoms with E-state index in [-0.39, 0.29) is 13.2 Å². The van der Waals surface area contributed by atoms with E-state index in [1.54, 1.807) is 0 Å². The van der Waals surface area contributed by atoms with E-state index in [2.05, 4.69) is 0 Å². The van der Waals surface area contributed by atoms with Gasteiger partial charge in [0.15, 0.2) is 0 Å². The second kappa shape index (κ2) is 6.95. The number of ether oxygens (including phenoxy) is 2. The molecule has 4 rings (SSSR count). The molecular weight excluding hydrogens is 358 g/mol. The zero-order valence-electron chi connectivity index (χ0n) is 16.0. The number of carbonyl (C=O) groups is 2. The fourth-order valence-corrected chi connectivity index (χ4v) is 4.08. The Bertz CT molecular complexity index is 920. The largest absolute Gasteiger partial charge is 0.491 e. The van der Waals surface area contributed by atoms with Crippen LogP contribution in [-0.2, 0) is 21.6 Å². The predicted molar refractivity (Wildman–Crippen MR) is 102 cm³/mol. The van der Waals surface area contributed by atoms with E-state index < -0.39 is 23.7 Å². The maximum absolute atomic E-state index is 13.0. The van der Waals surface area contributed by atoms with Crippen molar-refractivity contribution in [3.8, 4) is 5.75 Å². The fourth-order valence-electron chi connectivity index (χ4n) is 4.08. The Hall–Kier alpha value is -2.86. The van der Waals surface area contributed by atoms with Crippen LogP contribution in [0, 0.1) is 13.8 Å². The van der Waals surface area contributed by atoms with Crippen LogP contribution in [0.1, 0.15) is 28.7 Å². The Kier molecular flexibility index (Phi) is 4.59. The number of aliphatic hydroxyl groups is 1. The molecule has 0 saturated carbocycles. The number of benzene rings is 2. The van der Waals surface area contributed by atoms with E-state index >= 15 is 0 Å². The highest BCUT2D eigenvalue weighted by atomic mass is 16.6. The molecule has 2 aromatic rings. The van der Waals surface area contributed by atoms with Crippen molar-refractivity contribution in [3.05, 3.63) is 64.7 Å².